The van der Waals surface area contributed by atoms with Crippen LogP contribution in [-0.4, -0.2) is 18.2 Å². The zero-order valence-corrected chi connectivity index (χ0v) is 17.4. The average Bonchev–Trinajstić information content (AvgIpc) is 2.96. The number of sulfonamides is 1. The first-order valence-electron chi connectivity index (χ1n) is 8.92. The maximum atomic E-state index is 12.7. The molecule has 0 spiro atoms. The van der Waals surface area contributed by atoms with Crippen molar-refractivity contribution in [3.63, 3.8) is 0 Å². The Balaban J connectivity index is 1.83. The number of ether oxygens (including phenoxy) is 1. The minimum absolute atomic E-state index is 0.0317. The highest BCUT2D eigenvalue weighted by molar-refractivity contribution is 7.89. The minimum atomic E-state index is -4.42. The number of benzene rings is 2. The molecule has 0 aliphatic carbocycles. The van der Waals surface area contributed by atoms with E-state index in [-0.39, 0.29) is 17.3 Å². The van der Waals surface area contributed by atoms with Gasteiger partial charge in [0.05, 0.1) is 27.4 Å². The Morgan fingerprint density at radius 2 is 1.81 bits per heavy atom. The molecule has 1 heterocycles. The van der Waals surface area contributed by atoms with E-state index in [4.69, 9.17) is 9.88 Å². The van der Waals surface area contributed by atoms with Crippen molar-refractivity contribution in [2.24, 2.45) is 12.2 Å². The molecule has 0 atom stereocenters. The third kappa shape index (κ3) is 5.45. The van der Waals surface area contributed by atoms with Crippen LogP contribution in [0.3, 0.4) is 0 Å². The van der Waals surface area contributed by atoms with E-state index < -0.39 is 21.8 Å². The van der Waals surface area contributed by atoms with Gasteiger partial charge < -0.3 is 4.74 Å². The molecule has 0 aliphatic rings. The van der Waals surface area contributed by atoms with Crippen molar-refractivity contribution in [1.82, 2.24) is 9.78 Å². The first-order chi connectivity index (χ1) is 14.4. The van der Waals surface area contributed by atoms with E-state index in [1.165, 1.54) is 30.3 Å². The number of hydrogen-bond acceptors (Lipinski definition) is 4. The first-order valence-corrected chi connectivity index (χ1v) is 10.5. The third-order valence-electron chi connectivity index (χ3n) is 4.39. The summed E-state index contributed by atoms with van der Waals surface area (Å²) in [6, 6.07) is 10.3. The highest BCUT2D eigenvalue weighted by Crippen LogP contribution is 2.30. The molecule has 0 aliphatic heterocycles. The molecule has 0 saturated carbocycles. The van der Waals surface area contributed by atoms with E-state index in [0.717, 1.165) is 12.1 Å². The van der Waals surface area contributed by atoms with Crippen molar-refractivity contribution in [1.29, 1.82) is 0 Å². The molecule has 10 heteroatoms. The van der Waals surface area contributed by atoms with Crippen molar-refractivity contribution in [3.05, 3.63) is 76.6 Å². The summed E-state index contributed by atoms with van der Waals surface area (Å²) in [5.74, 6) is 6.12. The number of primary sulfonamides is 1. The summed E-state index contributed by atoms with van der Waals surface area (Å²) in [6.45, 7) is 1.79. The number of halogens is 3. The monoisotopic (exact) mass is 449 g/mol. The summed E-state index contributed by atoms with van der Waals surface area (Å²) < 4.78 is 68.3. The van der Waals surface area contributed by atoms with Gasteiger partial charge in [-0.05, 0) is 49.4 Å². The second-order valence-corrected chi connectivity index (χ2v) is 8.23. The summed E-state index contributed by atoms with van der Waals surface area (Å²) >= 11 is 0. The minimum Gasteiger partial charge on any atom is -0.487 e. The van der Waals surface area contributed by atoms with Gasteiger partial charge in [0.1, 0.15) is 12.4 Å². The fourth-order valence-electron chi connectivity index (χ4n) is 2.81. The number of alkyl halides is 3. The lowest BCUT2D eigenvalue weighted by molar-refractivity contribution is -0.137. The van der Waals surface area contributed by atoms with Crippen LogP contribution in [0.15, 0.2) is 53.4 Å². The van der Waals surface area contributed by atoms with E-state index in [1.807, 2.05) is 0 Å². The zero-order chi connectivity index (χ0) is 22.8. The van der Waals surface area contributed by atoms with E-state index in [0.29, 0.717) is 22.5 Å². The highest BCUT2D eigenvalue weighted by atomic mass is 32.2. The van der Waals surface area contributed by atoms with Gasteiger partial charge in [0, 0.05) is 12.6 Å². The third-order valence-corrected chi connectivity index (χ3v) is 5.30. The smallest absolute Gasteiger partial charge is 0.416 e. The van der Waals surface area contributed by atoms with Crippen molar-refractivity contribution in [2.75, 3.05) is 0 Å². The molecule has 2 N–H and O–H groups in total. The van der Waals surface area contributed by atoms with Gasteiger partial charge in [0.25, 0.3) is 0 Å². The van der Waals surface area contributed by atoms with Crippen LogP contribution in [0.5, 0.6) is 5.75 Å². The van der Waals surface area contributed by atoms with Crippen LogP contribution in [0.1, 0.15) is 28.1 Å². The van der Waals surface area contributed by atoms with Crippen LogP contribution in [-0.2, 0) is 29.9 Å². The van der Waals surface area contributed by atoms with E-state index in [2.05, 4.69) is 16.9 Å². The molecule has 3 aromatic rings. The van der Waals surface area contributed by atoms with E-state index in [9.17, 15) is 21.6 Å². The van der Waals surface area contributed by atoms with E-state index >= 15 is 0 Å². The molecule has 0 saturated heterocycles. The fourth-order valence-corrected chi connectivity index (χ4v) is 3.37. The van der Waals surface area contributed by atoms with Crippen molar-refractivity contribution < 1.29 is 26.3 Å². The second-order valence-electron chi connectivity index (χ2n) is 6.66. The van der Waals surface area contributed by atoms with Crippen LogP contribution in [0.4, 0.5) is 13.2 Å². The number of aryl methyl sites for hydroxylation is 2. The van der Waals surface area contributed by atoms with Crippen molar-refractivity contribution >= 4 is 10.0 Å². The number of aromatic nitrogens is 2. The van der Waals surface area contributed by atoms with Crippen LogP contribution >= 0.6 is 0 Å². The SMILES string of the molecule is Cc1nn(C)c(COc2ccc(C(F)(F)F)cc2)c1C#Cc1cccc(S(N)(=O)=O)c1. The standard InChI is InChI=1S/C21H18F3N3O3S/c1-14-19(11-6-15-4-3-5-18(12-15)31(25,28)29)20(27(2)26-14)13-30-17-9-7-16(8-10-17)21(22,23)24/h3-5,7-10,12H,13H2,1-2H3,(H2,25,28,29). The van der Waals surface area contributed by atoms with Crippen LogP contribution in [0, 0.1) is 18.8 Å². The molecule has 162 valence electrons. The average molecular weight is 449 g/mol. The molecular weight excluding hydrogens is 431 g/mol. The van der Waals surface area contributed by atoms with Gasteiger partial charge in [-0.1, -0.05) is 17.9 Å². The maximum absolute atomic E-state index is 12.7. The normalized spacial score (nSPS) is 11.7. The highest BCUT2D eigenvalue weighted by Gasteiger charge is 2.30. The van der Waals surface area contributed by atoms with Crippen LogP contribution < -0.4 is 9.88 Å². The summed E-state index contributed by atoms with van der Waals surface area (Å²) in [6.07, 6.45) is -4.42. The lowest BCUT2D eigenvalue weighted by atomic mass is 10.1. The van der Waals surface area contributed by atoms with Crippen LogP contribution in [0.2, 0.25) is 0 Å². The zero-order valence-electron chi connectivity index (χ0n) is 16.6. The van der Waals surface area contributed by atoms with E-state index in [1.54, 1.807) is 24.7 Å². The molecule has 3 rings (SSSR count). The summed E-state index contributed by atoms with van der Waals surface area (Å²) in [7, 11) is -2.15. The molecule has 2 aromatic carbocycles. The van der Waals surface area contributed by atoms with Gasteiger partial charge in [-0.2, -0.15) is 18.3 Å². The molecule has 0 unspecified atom stereocenters. The summed E-state index contributed by atoms with van der Waals surface area (Å²) in [5, 5.41) is 9.45. The van der Waals surface area contributed by atoms with Gasteiger partial charge in [-0.25, -0.2) is 13.6 Å². The van der Waals surface area contributed by atoms with Gasteiger partial charge in [-0.15, -0.1) is 0 Å². The molecule has 0 amide bonds. The number of nitrogens with zero attached hydrogens (tertiary/aromatic N) is 2. The van der Waals surface area contributed by atoms with Gasteiger partial charge in [0.15, 0.2) is 0 Å². The Bertz CT molecular complexity index is 1270. The Morgan fingerprint density at radius 3 is 2.42 bits per heavy atom. The quantitative estimate of drug-likeness (QED) is 0.619. The fraction of sp³-hybridized carbons (Fsp3) is 0.190. The molecule has 6 nitrogen and oxygen atoms in total. The summed E-state index contributed by atoms with van der Waals surface area (Å²) in [4.78, 5) is -0.0481. The number of rotatable bonds is 4. The molecule has 0 radical (unpaired) electrons. The lowest BCUT2D eigenvalue weighted by Gasteiger charge is -2.10. The summed E-state index contributed by atoms with van der Waals surface area (Å²) in [5.41, 5.74) is 1.51. The van der Waals surface area contributed by atoms with Crippen molar-refractivity contribution in [3.8, 4) is 17.6 Å². The molecule has 31 heavy (non-hydrogen) atoms. The van der Waals surface area contributed by atoms with Gasteiger partial charge >= 0.3 is 6.18 Å². The van der Waals surface area contributed by atoms with Gasteiger partial charge in [-0.3, -0.25) is 4.68 Å². The largest absolute Gasteiger partial charge is 0.487 e. The Kier molecular flexibility index (Phi) is 6.10. The predicted octanol–water partition coefficient (Wildman–Crippen LogP) is 3.37. The molecule has 0 bridgehead atoms. The van der Waals surface area contributed by atoms with Crippen molar-refractivity contribution in [2.45, 2.75) is 24.6 Å². The first kappa shape index (κ1) is 22.4. The Labute approximate surface area is 177 Å². The maximum Gasteiger partial charge on any atom is 0.416 e. The molecule has 1 aromatic heterocycles. The van der Waals surface area contributed by atoms with Crippen LogP contribution in [0.25, 0.3) is 0 Å². The lowest BCUT2D eigenvalue weighted by Crippen LogP contribution is -2.12. The predicted molar refractivity (Wildman–Crippen MR) is 108 cm³/mol. The number of hydrogen-bond donors (Lipinski definition) is 1. The number of nitrogens with two attached hydrogens (primary N) is 1. The molecule has 0 fully saturated rings. The van der Waals surface area contributed by atoms with Gasteiger partial charge in [0.2, 0.25) is 10.0 Å². The molecular formula is C21H18F3N3O3S. The topological polar surface area (TPSA) is 87.2 Å². The Morgan fingerprint density at radius 1 is 1.13 bits per heavy atom. The second kappa shape index (κ2) is 8.45. The Hall–Kier alpha value is -3.29.